The lowest BCUT2D eigenvalue weighted by Crippen LogP contribution is -2.56. The molecule has 3 aliphatic rings. The maximum Gasteiger partial charge on any atom is 0.336 e. The monoisotopic (exact) mass is 647 g/mol. The van der Waals surface area contributed by atoms with E-state index in [-0.39, 0.29) is 33.6 Å². The van der Waals surface area contributed by atoms with Crippen molar-refractivity contribution in [3.8, 4) is 0 Å². The SMILES string of the molecule is CC(C)(NC(=S)Nc1ccc(C2=C3C=CC(=O)C=C3OC3CC(=O)C=CC23)c(C(=O)O)c1)C(C)(C)c1ccc(S(N)(=O)=O)cc1. The molecule has 2 aromatic carbocycles. The van der Waals surface area contributed by atoms with Gasteiger partial charge in [-0.2, -0.15) is 0 Å². The Labute approximate surface area is 266 Å². The highest BCUT2D eigenvalue weighted by Gasteiger charge is 2.40. The van der Waals surface area contributed by atoms with Gasteiger partial charge in [-0.1, -0.05) is 38.1 Å². The summed E-state index contributed by atoms with van der Waals surface area (Å²) in [5.74, 6) is -1.60. The van der Waals surface area contributed by atoms with E-state index in [2.05, 4.69) is 10.6 Å². The number of nitrogens with one attached hydrogen (secondary N) is 2. The molecule has 0 fully saturated rings. The van der Waals surface area contributed by atoms with Crippen LogP contribution in [-0.2, 0) is 29.8 Å². The largest absolute Gasteiger partial charge is 0.488 e. The van der Waals surface area contributed by atoms with E-state index in [1.54, 1.807) is 36.4 Å². The number of benzene rings is 2. The van der Waals surface area contributed by atoms with Crippen molar-refractivity contribution in [1.82, 2.24) is 5.32 Å². The number of aromatic carboxylic acids is 1. The molecule has 0 aromatic heterocycles. The molecule has 0 bridgehead atoms. The van der Waals surface area contributed by atoms with E-state index in [0.717, 1.165) is 5.56 Å². The van der Waals surface area contributed by atoms with Crippen LogP contribution in [0, 0.1) is 5.92 Å². The van der Waals surface area contributed by atoms with Crippen molar-refractivity contribution >= 4 is 56.1 Å². The summed E-state index contributed by atoms with van der Waals surface area (Å²) in [6.45, 7) is 7.88. The van der Waals surface area contributed by atoms with Crippen LogP contribution in [0.25, 0.3) is 5.57 Å². The lowest BCUT2D eigenvalue weighted by atomic mass is 9.70. The van der Waals surface area contributed by atoms with E-state index in [1.807, 2.05) is 27.7 Å². The van der Waals surface area contributed by atoms with Gasteiger partial charge in [-0.15, -0.1) is 0 Å². The molecule has 0 radical (unpaired) electrons. The number of carboxylic acid groups (broad SMARTS) is 1. The molecule has 1 aliphatic heterocycles. The Morgan fingerprint density at radius 2 is 1.73 bits per heavy atom. The normalized spacial score (nSPS) is 19.7. The number of ether oxygens (including phenoxy) is 1. The molecule has 2 aliphatic carbocycles. The van der Waals surface area contributed by atoms with Gasteiger partial charge in [0.15, 0.2) is 16.7 Å². The van der Waals surface area contributed by atoms with Crippen molar-refractivity contribution in [3.63, 3.8) is 0 Å². The molecule has 0 saturated carbocycles. The third-order valence-electron chi connectivity index (χ3n) is 8.84. The molecule has 5 N–H and O–H groups in total. The zero-order valence-electron chi connectivity index (χ0n) is 25.1. The topological polar surface area (TPSA) is 165 Å². The van der Waals surface area contributed by atoms with Crippen LogP contribution < -0.4 is 15.8 Å². The second-order valence-corrected chi connectivity index (χ2v) is 14.2. The number of primary sulfonamides is 1. The Hall–Kier alpha value is -4.39. The molecule has 2 aromatic rings. The van der Waals surface area contributed by atoms with E-state index >= 15 is 0 Å². The van der Waals surface area contributed by atoms with Crippen LogP contribution in [0.3, 0.4) is 0 Å². The standard InChI is InChI=1S/C33H33N3O7S2/c1-32(2,18-5-10-22(11-6-18)45(34,41)42)33(3,4)36-31(44)35-19-7-12-23(26(15-19)30(39)40)29-24-13-8-20(37)16-27(24)43-28-17-21(38)9-14-25(28)29/h5-16,25,28H,17H2,1-4H3,(H,39,40)(H2,34,41,42)(H2,35,36,44). The number of thiocarbonyl (C=S) groups is 1. The quantitative estimate of drug-likeness (QED) is 0.317. The minimum Gasteiger partial charge on any atom is -0.488 e. The zero-order valence-corrected chi connectivity index (χ0v) is 26.7. The number of allylic oxidation sites excluding steroid dienone is 4. The predicted molar refractivity (Wildman–Crippen MR) is 174 cm³/mol. The van der Waals surface area contributed by atoms with Gasteiger partial charge in [-0.05, 0) is 85.3 Å². The third kappa shape index (κ3) is 6.26. The van der Waals surface area contributed by atoms with Crippen molar-refractivity contribution in [1.29, 1.82) is 0 Å². The first kappa shape index (κ1) is 32.0. The second-order valence-electron chi connectivity index (χ2n) is 12.2. The number of ketones is 2. The number of sulfonamides is 1. The number of hydrogen-bond donors (Lipinski definition) is 4. The van der Waals surface area contributed by atoms with Crippen LogP contribution >= 0.6 is 12.2 Å². The summed E-state index contributed by atoms with van der Waals surface area (Å²) in [5.41, 5.74) is 1.79. The molecule has 5 rings (SSSR count). The van der Waals surface area contributed by atoms with Gasteiger partial charge in [0.05, 0.1) is 10.5 Å². The van der Waals surface area contributed by atoms with Crippen LogP contribution in [0.4, 0.5) is 5.69 Å². The molecular formula is C33H33N3O7S2. The van der Waals surface area contributed by atoms with Crippen molar-refractivity contribution in [3.05, 3.63) is 101 Å². The molecule has 45 heavy (non-hydrogen) atoms. The minimum atomic E-state index is -3.82. The smallest absolute Gasteiger partial charge is 0.336 e. The Balaban J connectivity index is 1.43. The highest BCUT2D eigenvalue weighted by atomic mass is 32.2. The zero-order chi connectivity index (χ0) is 32.9. The average molecular weight is 648 g/mol. The van der Waals surface area contributed by atoms with Crippen molar-refractivity contribution in [2.24, 2.45) is 11.1 Å². The molecular weight excluding hydrogens is 615 g/mol. The summed E-state index contributed by atoms with van der Waals surface area (Å²) in [6, 6.07) is 11.3. The highest BCUT2D eigenvalue weighted by Crippen LogP contribution is 2.45. The van der Waals surface area contributed by atoms with Crippen molar-refractivity contribution < 1.29 is 32.6 Å². The predicted octanol–water partition coefficient (Wildman–Crippen LogP) is 4.40. The Morgan fingerprint density at radius 3 is 2.38 bits per heavy atom. The number of anilines is 1. The number of carbonyl (C=O) groups excluding carboxylic acids is 2. The number of fused-ring (bicyclic) bond motifs is 2. The molecule has 234 valence electrons. The van der Waals surface area contributed by atoms with Gasteiger partial charge in [0, 0.05) is 40.6 Å². The average Bonchev–Trinajstić information content (AvgIpc) is 2.95. The second kappa shape index (κ2) is 11.5. The number of nitrogens with two attached hydrogens (primary N) is 1. The van der Waals surface area contributed by atoms with Crippen molar-refractivity contribution in [2.75, 3.05) is 5.32 Å². The van der Waals surface area contributed by atoms with Crippen LogP contribution in [0.2, 0.25) is 0 Å². The van der Waals surface area contributed by atoms with Gasteiger partial charge in [0.1, 0.15) is 11.9 Å². The number of carbonyl (C=O) groups is 3. The molecule has 0 saturated heterocycles. The number of rotatable bonds is 7. The minimum absolute atomic E-state index is 0.00966. The van der Waals surface area contributed by atoms with Gasteiger partial charge < -0.3 is 20.5 Å². The van der Waals surface area contributed by atoms with Crippen LogP contribution in [0.5, 0.6) is 0 Å². The molecule has 12 heteroatoms. The summed E-state index contributed by atoms with van der Waals surface area (Å²) in [6.07, 6.45) is 7.13. The molecule has 2 unspecified atom stereocenters. The third-order valence-corrected chi connectivity index (χ3v) is 9.97. The summed E-state index contributed by atoms with van der Waals surface area (Å²) in [7, 11) is -3.82. The fourth-order valence-corrected chi connectivity index (χ4v) is 6.56. The first-order valence-electron chi connectivity index (χ1n) is 14.1. The maximum absolute atomic E-state index is 12.6. The Kier molecular flexibility index (Phi) is 8.19. The van der Waals surface area contributed by atoms with Gasteiger partial charge in [0.25, 0.3) is 0 Å². The van der Waals surface area contributed by atoms with Gasteiger partial charge in [-0.25, -0.2) is 18.4 Å². The molecule has 0 amide bonds. The van der Waals surface area contributed by atoms with E-state index in [9.17, 15) is 27.9 Å². The molecule has 1 heterocycles. The van der Waals surface area contributed by atoms with Crippen molar-refractivity contribution in [2.45, 2.75) is 56.1 Å². The number of hydrogen-bond acceptors (Lipinski definition) is 7. The van der Waals surface area contributed by atoms with E-state index in [4.69, 9.17) is 22.1 Å². The van der Waals surface area contributed by atoms with Gasteiger partial charge in [0.2, 0.25) is 10.0 Å². The molecule has 10 nitrogen and oxygen atoms in total. The Morgan fingerprint density at radius 1 is 1.04 bits per heavy atom. The lowest BCUT2D eigenvalue weighted by molar-refractivity contribution is -0.117. The number of carboxylic acids is 1. The molecule has 2 atom stereocenters. The lowest BCUT2D eigenvalue weighted by Gasteiger charge is -2.43. The van der Waals surface area contributed by atoms with Crippen LogP contribution in [0.1, 0.15) is 55.6 Å². The Bertz CT molecular complexity index is 1870. The van der Waals surface area contributed by atoms with Crippen LogP contribution in [-0.4, -0.2) is 47.8 Å². The fourth-order valence-electron chi connectivity index (χ4n) is 5.67. The summed E-state index contributed by atoms with van der Waals surface area (Å²) >= 11 is 5.63. The maximum atomic E-state index is 12.6. The van der Waals surface area contributed by atoms with E-state index in [0.29, 0.717) is 28.2 Å². The van der Waals surface area contributed by atoms with Gasteiger partial charge >= 0.3 is 5.97 Å². The van der Waals surface area contributed by atoms with E-state index in [1.165, 1.54) is 36.4 Å². The first-order valence-corrected chi connectivity index (χ1v) is 16.1. The summed E-state index contributed by atoms with van der Waals surface area (Å²) < 4.78 is 29.4. The first-order chi connectivity index (χ1) is 21.0. The molecule has 0 spiro atoms. The van der Waals surface area contributed by atoms with E-state index < -0.39 is 39.0 Å². The van der Waals surface area contributed by atoms with Gasteiger partial charge in [-0.3, -0.25) is 9.59 Å². The summed E-state index contributed by atoms with van der Waals surface area (Å²) in [5, 5.41) is 22.2. The highest BCUT2D eigenvalue weighted by molar-refractivity contribution is 7.89. The fraction of sp³-hybridized carbons (Fsp3) is 0.273. The summed E-state index contributed by atoms with van der Waals surface area (Å²) in [4.78, 5) is 36.9. The van der Waals surface area contributed by atoms with Crippen LogP contribution in [0.15, 0.2) is 89.1 Å².